The number of aromatic nitrogens is 1. The third kappa shape index (κ3) is 3.32. The van der Waals surface area contributed by atoms with Gasteiger partial charge in [-0.05, 0) is 24.3 Å². The van der Waals surface area contributed by atoms with E-state index >= 15 is 0 Å². The van der Waals surface area contributed by atoms with E-state index in [-0.39, 0.29) is 5.91 Å². The van der Waals surface area contributed by atoms with Crippen LogP contribution >= 0.6 is 11.6 Å². The first-order chi connectivity index (χ1) is 8.25. The fourth-order valence-electron chi connectivity index (χ4n) is 1.38. The van der Waals surface area contributed by atoms with Crippen LogP contribution in [0.2, 0.25) is 5.15 Å². The summed E-state index contributed by atoms with van der Waals surface area (Å²) in [6.07, 6.45) is 2.26. The SMILES string of the molecule is O=C(NCCc1ccco1)c1cccc(Cl)n1. The predicted octanol–water partition coefficient (Wildman–Crippen LogP) is 2.30. The normalized spacial score (nSPS) is 10.2. The van der Waals surface area contributed by atoms with Gasteiger partial charge in [-0.3, -0.25) is 4.79 Å². The van der Waals surface area contributed by atoms with Gasteiger partial charge in [0.05, 0.1) is 6.26 Å². The molecular formula is C12H11ClN2O2. The Morgan fingerprint density at radius 3 is 2.94 bits per heavy atom. The zero-order valence-corrected chi connectivity index (χ0v) is 9.78. The molecule has 88 valence electrons. The van der Waals surface area contributed by atoms with Crippen molar-refractivity contribution in [3.8, 4) is 0 Å². The molecule has 0 fully saturated rings. The summed E-state index contributed by atoms with van der Waals surface area (Å²) >= 11 is 5.70. The third-order valence-electron chi connectivity index (χ3n) is 2.18. The van der Waals surface area contributed by atoms with Gasteiger partial charge >= 0.3 is 0 Å². The standard InChI is InChI=1S/C12H11ClN2O2/c13-11-5-1-4-10(15-11)12(16)14-7-6-9-3-2-8-17-9/h1-5,8H,6-7H2,(H,14,16). The number of nitrogens with one attached hydrogen (secondary N) is 1. The number of carbonyl (C=O) groups excluding carboxylic acids is 1. The molecule has 0 saturated carbocycles. The molecule has 2 aromatic heterocycles. The summed E-state index contributed by atoms with van der Waals surface area (Å²) in [5.41, 5.74) is 0.317. The molecule has 1 amide bonds. The summed E-state index contributed by atoms with van der Waals surface area (Å²) in [6, 6.07) is 8.62. The molecule has 0 spiro atoms. The van der Waals surface area contributed by atoms with Crippen LogP contribution in [0.3, 0.4) is 0 Å². The number of rotatable bonds is 4. The van der Waals surface area contributed by atoms with E-state index in [0.717, 1.165) is 5.76 Å². The zero-order valence-electron chi connectivity index (χ0n) is 9.02. The van der Waals surface area contributed by atoms with Crippen LogP contribution in [-0.2, 0) is 6.42 Å². The average molecular weight is 251 g/mol. The highest BCUT2D eigenvalue weighted by Crippen LogP contribution is 2.05. The molecule has 17 heavy (non-hydrogen) atoms. The number of hydrogen-bond donors (Lipinski definition) is 1. The van der Waals surface area contributed by atoms with Crippen LogP contribution in [0.1, 0.15) is 16.2 Å². The summed E-state index contributed by atoms with van der Waals surface area (Å²) in [6.45, 7) is 0.501. The fraction of sp³-hybridized carbons (Fsp3) is 0.167. The molecule has 0 aromatic carbocycles. The van der Waals surface area contributed by atoms with E-state index in [4.69, 9.17) is 16.0 Å². The molecule has 2 aromatic rings. The van der Waals surface area contributed by atoms with Crippen molar-refractivity contribution in [1.29, 1.82) is 0 Å². The van der Waals surface area contributed by atoms with E-state index < -0.39 is 0 Å². The molecule has 1 N–H and O–H groups in total. The highest BCUT2D eigenvalue weighted by molar-refractivity contribution is 6.29. The lowest BCUT2D eigenvalue weighted by Crippen LogP contribution is -2.26. The Hall–Kier alpha value is -1.81. The van der Waals surface area contributed by atoms with Gasteiger partial charge in [-0.2, -0.15) is 0 Å². The zero-order chi connectivity index (χ0) is 12.1. The summed E-state index contributed by atoms with van der Waals surface area (Å²) < 4.78 is 5.15. The molecular weight excluding hydrogens is 240 g/mol. The number of halogens is 1. The molecule has 4 nitrogen and oxygen atoms in total. The van der Waals surface area contributed by atoms with Gasteiger partial charge in [0.25, 0.3) is 5.91 Å². The maximum atomic E-state index is 11.7. The second kappa shape index (κ2) is 5.50. The van der Waals surface area contributed by atoms with Crippen molar-refractivity contribution in [3.05, 3.63) is 53.2 Å². The molecule has 0 aliphatic carbocycles. The van der Waals surface area contributed by atoms with Crippen molar-refractivity contribution in [3.63, 3.8) is 0 Å². The second-order valence-corrected chi connectivity index (χ2v) is 3.82. The number of carbonyl (C=O) groups is 1. The van der Waals surface area contributed by atoms with E-state index in [9.17, 15) is 4.79 Å². The van der Waals surface area contributed by atoms with Crippen LogP contribution < -0.4 is 5.32 Å². The molecule has 0 saturated heterocycles. The minimum Gasteiger partial charge on any atom is -0.469 e. The molecule has 0 unspecified atom stereocenters. The van der Waals surface area contributed by atoms with Gasteiger partial charge in [0.15, 0.2) is 0 Å². The van der Waals surface area contributed by atoms with Crippen molar-refractivity contribution in [2.24, 2.45) is 0 Å². The first kappa shape index (κ1) is 11.7. The monoisotopic (exact) mass is 250 g/mol. The second-order valence-electron chi connectivity index (χ2n) is 3.43. The molecule has 5 heteroatoms. The Bertz CT molecular complexity index is 497. The van der Waals surface area contributed by atoms with Crippen LogP contribution in [0, 0.1) is 0 Å². The number of pyridine rings is 1. The average Bonchev–Trinajstić information content (AvgIpc) is 2.82. The fourth-order valence-corrected chi connectivity index (χ4v) is 1.54. The predicted molar refractivity (Wildman–Crippen MR) is 64.0 cm³/mol. The Morgan fingerprint density at radius 2 is 2.24 bits per heavy atom. The number of furan rings is 1. The van der Waals surface area contributed by atoms with E-state index in [2.05, 4.69) is 10.3 Å². The van der Waals surface area contributed by atoms with Crippen molar-refractivity contribution < 1.29 is 9.21 Å². The minimum absolute atomic E-state index is 0.237. The molecule has 0 atom stereocenters. The van der Waals surface area contributed by atoms with E-state index in [1.54, 1.807) is 24.5 Å². The van der Waals surface area contributed by atoms with Crippen LogP contribution in [0.5, 0.6) is 0 Å². The van der Waals surface area contributed by atoms with Crippen LogP contribution in [0.25, 0.3) is 0 Å². The minimum atomic E-state index is -0.237. The van der Waals surface area contributed by atoms with Gasteiger partial charge in [0.2, 0.25) is 0 Å². The van der Waals surface area contributed by atoms with Crippen molar-refractivity contribution in [1.82, 2.24) is 10.3 Å². The first-order valence-electron chi connectivity index (χ1n) is 5.19. The lowest BCUT2D eigenvalue weighted by Gasteiger charge is -2.03. The summed E-state index contributed by atoms with van der Waals surface area (Å²) in [5.74, 6) is 0.600. The summed E-state index contributed by atoms with van der Waals surface area (Å²) in [7, 11) is 0. The van der Waals surface area contributed by atoms with Crippen LogP contribution in [0.15, 0.2) is 41.0 Å². The number of hydrogen-bond acceptors (Lipinski definition) is 3. The van der Waals surface area contributed by atoms with Gasteiger partial charge in [-0.1, -0.05) is 17.7 Å². The third-order valence-corrected chi connectivity index (χ3v) is 2.40. The van der Waals surface area contributed by atoms with Gasteiger partial charge in [0, 0.05) is 13.0 Å². The van der Waals surface area contributed by atoms with Gasteiger partial charge in [-0.25, -0.2) is 4.98 Å². The highest BCUT2D eigenvalue weighted by atomic mass is 35.5. The Labute approximate surface area is 104 Å². The number of nitrogens with zero attached hydrogens (tertiary/aromatic N) is 1. The summed E-state index contributed by atoms with van der Waals surface area (Å²) in [5, 5.41) is 3.05. The number of amides is 1. The van der Waals surface area contributed by atoms with Crippen molar-refractivity contribution in [2.45, 2.75) is 6.42 Å². The molecule has 0 aliphatic rings. The van der Waals surface area contributed by atoms with Crippen LogP contribution in [-0.4, -0.2) is 17.4 Å². The van der Waals surface area contributed by atoms with E-state index in [1.165, 1.54) is 0 Å². The molecule has 2 rings (SSSR count). The molecule has 0 aliphatic heterocycles. The van der Waals surface area contributed by atoms with E-state index in [0.29, 0.717) is 23.8 Å². The Morgan fingerprint density at radius 1 is 1.35 bits per heavy atom. The maximum Gasteiger partial charge on any atom is 0.269 e. The smallest absolute Gasteiger partial charge is 0.269 e. The Kier molecular flexibility index (Phi) is 3.77. The van der Waals surface area contributed by atoms with Gasteiger partial charge in [-0.15, -0.1) is 0 Å². The Balaban J connectivity index is 1.85. The maximum absolute atomic E-state index is 11.7. The molecule has 0 radical (unpaired) electrons. The molecule has 0 bridgehead atoms. The topological polar surface area (TPSA) is 55.1 Å². The van der Waals surface area contributed by atoms with E-state index in [1.807, 2.05) is 12.1 Å². The largest absolute Gasteiger partial charge is 0.469 e. The molecule has 2 heterocycles. The van der Waals surface area contributed by atoms with Crippen molar-refractivity contribution >= 4 is 17.5 Å². The van der Waals surface area contributed by atoms with Gasteiger partial charge in [0.1, 0.15) is 16.6 Å². The lowest BCUT2D eigenvalue weighted by atomic mass is 10.3. The lowest BCUT2D eigenvalue weighted by molar-refractivity contribution is 0.0949. The van der Waals surface area contributed by atoms with Crippen molar-refractivity contribution in [2.75, 3.05) is 6.54 Å². The first-order valence-corrected chi connectivity index (χ1v) is 5.56. The van der Waals surface area contributed by atoms with Gasteiger partial charge < -0.3 is 9.73 Å². The quantitative estimate of drug-likeness (QED) is 0.847. The van der Waals surface area contributed by atoms with Crippen LogP contribution in [0.4, 0.5) is 0 Å². The summed E-state index contributed by atoms with van der Waals surface area (Å²) in [4.78, 5) is 15.6. The highest BCUT2D eigenvalue weighted by Gasteiger charge is 2.06.